The van der Waals surface area contributed by atoms with Crippen LogP contribution in [0.25, 0.3) is 0 Å². The molecule has 0 bridgehead atoms. The molecule has 104 valence electrons. The van der Waals surface area contributed by atoms with Crippen molar-refractivity contribution in [3.8, 4) is 6.07 Å². The van der Waals surface area contributed by atoms with Crippen LogP contribution in [0.4, 0.5) is 18.9 Å². The van der Waals surface area contributed by atoms with E-state index < -0.39 is 27.6 Å². The molecule has 0 atom stereocenters. The highest BCUT2D eigenvalue weighted by atomic mass is 32.2. The molecule has 0 fully saturated rings. The number of nitrogens with zero attached hydrogens (tertiary/aromatic N) is 2. The second-order valence-corrected chi connectivity index (χ2v) is 5.75. The van der Waals surface area contributed by atoms with Gasteiger partial charge in [-0.05, 0) is 18.2 Å². The minimum Gasteiger partial charge on any atom is -0.398 e. The fourth-order valence-corrected chi connectivity index (χ4v) is 2.61. The van der Waals surface area contributed by atoms with Gasteiger partial charge in [0.25, 0.3) is 0 Å². The van der Waals surface area contributed by atoms with Gasteiger partial charge in [-0.25, -0.2) is 8.42 Å². The molecule has 0 radical (unpaired) electrons. The number of sulfonamides is 1. The van der Waals surface area contributed by atoms with E-state index in [1.54, 1.807) is 6.07 Å². The van der Waals surface area contributed by atoms with Gasteiger partial charge in [0.1, 0.15) is 11.4 Å². The summed E-state index contributed by atoms with van der Waals surface area (Å²) in [6.45, 7) is -1.62. The van der Waals surface area contributed by atoms with Crippen LogP contribution in [0.1, 0.15) is 5.56 Å². The van der Waals surface area contributed by atoms with Gasteiger partial charge in [-0.3, -0.25) is 0 Å². The highest BCUT2D eigenvalue weighted by Gasteiger charge is 2.35. The molecule has 0 aliphatic carbocycles. The molecule has 0 heterocycles. The number of nitriles is 1. The Morgan fingerprint density at radius 1 is 1.42 bits per heavy atom. The van der Waals surface area contributed by atoms with Crippen molar-refractivity contribution in [3.63, 3.8) is 0 Å². The van der Waals surface area contributed by atoms with E-state index in [1.807, 2.05) is 0 Å². The van der Waals surface area contributed by atoms with Crippen LogP contribution in [0, 0.1) is 11.3 Å². The number of alkyl halides is 3. The highest BCUT2D eigenvalue weighted by Crippen LogP contribution is 2.25. The topological polar surface area (TPSA) is 87.2 Å². The molecule has 0 aromatic heterocycles. The van der Waals surface area contributed by atoms with Crippen molar-refractivity contribution in [1.29, 1.82) is 5.26 Å². The maximum atomic E-state index is 12.2. The van der Waals surface area contributed by atoms with Gasteiger partial charge in [-0.1, -0.05) is 0 Å². The van der Waals surface area contributed by atoms with Gasteiger partial charge in [-0.2, -0.15) is 22.7 Å². The van der Waals surface area contributed by atoms with Crippen LogP contribution in [0.15, 0.2) is 23.1 Å². The number of rotatable bonds is 3. The molecular formula is C10H10F3N3O2S. The van der Waals surface area contributed by atoms with Crippen molar-refractivity contribution in [2.45, 2.75) is 11.1 Å². The zero-order valence-electron chi connectivity index (χ0n) is 9.77. The number of halogens is 3. The first-order chi connectivity index (χ1) is 8.58. The average molecular weight is 293 g/mol. The number of hydrogen-bond acceptors (Lipinski definition) is 4. The fraction of sp³-hybridized carbons (Fsp3) is 0.300. The second-order valence-electron chi connectivity index (χ2n) is 3.74. The molecule has 0 aliphatic rings. The van der Waals surface area contributed by atoms with Gasteiger partial charge >= 0.3 is 6.18 Å². The van der Waals surface area contributed by atoms with Crippen LogP contribution in [0.5, 0.6) is 0 Å². The standard InChI is InChI=1S/C10H10F3N3O2S/c1-16(6-10(11,12)13)19(17,18)9-3-2-7(5-14)4-8(9)15/h2-4H,6,15H2,1H3. The Morgan fingerprint density at radius 2 is 2.00 bits per heavy atom. The first-order valence-electron chi connectivity index (χ1n) is 4.90. The van der Waals surface area contributed by atoms with E-state index in [0.29, 0.717) is 0 Å². The third-order valence-electron chi connectivity index (χ3n) is 2.23. The van der Waals surface area contributed by atoms with E-state index in [9.17, 15) is 21.6 Å². The molecule has 1 rings (SSSR count). The number of nitrogens with two attached hydrogens (primary N) is 1. The number of anilines is 1. The molecular weight excluding hydrogens is 283 g/mol. The third-order valence-corrected chi connectivity index (χ3v) is 4.11. The van der Waals surface area contributed by atoms with Crippen LogP contribution in [-0.2, 0) is 10.0 Å². The van der Waals surface area contributed by atoms with Gasteiger partial charge in [0.15, 0.2) is 0 Å². The molecule has 0 saturated heterocycles. The maximum absolute atomic E-state index is 12.2. The lowest BCUT2D eigenvalue weighted by molar-refractivity contribution is -0.134. The fourth-order valence-electron chi connectivity index (χ4n) is 1.36. The van der Waals surface area contributed by atoms with Crippen LogP contribution in [0.2, 0.25) is 0 Å². The molecule has 5 nitrogen and oxygen atoms in total. The lowest BCUT2D eigenvalue weighted by Gasteiger charge is -2.19. The summed E-state index contributed by atoms with van der Waals surface area (Å²) in [7, 11) is -3.54. The van der Waals surface area contributed by atoms with E-state index in [4.69, 9.17) is 11.0 Å². The van der Waals surface area contributed by atoms with Crippen LogP contribution in [0.3, 0.4) is 0 Å². The van der Waals surface area contributed by atoms with Crippen molar-refractivity contribution in [2.75, 3.05) is 19.3 Å². The smallest absolute Gasteiger partial charge is 0.398 e. The number of hydrogen-bond donors (Lipinski definition) is 1. The van der Waals surface area contributed by atoms with Gasteiger partial charge < -0.3 is 5.73 Å². The van der Waals surface area contributed by atoms with E-state index in [2.05, 4.69) is 0 Å². The Hall–Kier alpha value is -1.79. The second kappa shape index (κ2) is 5.07. The summed E-state index contributed by atoms with van der Waals surface area (Å²) >= 11 is 0. The predicted molar refractivity (Wildman–Crippen MR) is 61.4 cm³/mol. The minimum atomic E-state index is -4.65. The maximum Gasteiger partial charge on any atom is 0.402 e. The summed E-state index contributed by atoms with van der Waals surface area (Å²) in [6.07, 6.45) is -4.65. The number of nitrogen functional groups attached to an aromatic ring is 1. The summed E-state index contributed by atoms with van der Waals surface area (Å²) in [5, 5.41) is 8.60. The summed E-state index contributed by atoms with van der Waals surface area (Å²) in [5.74, 6) is 0. The van der Waals surface area contributed by atoms with Crippen molar-refractivity contribution in [1.82, 2.24) is 4.31 Å². The molecule has 0 saturated carbocycles. The number of benzene rings is 1. The molecule has 0 amide bonds. The third kappa shape index (κ3) is 3.59. The van der Waals surface area contributed by atoms with Crippen molar-refractivity contribution in [2.24, 2.45) is 0 Å². The van der Waals surface area contributed by atoms with Crippen LogP contribution in [-0.4, -0.2) is 32.5 Å². The molecule has 0 aliphatic heterocycles. The summed E-state index contributed by atoms with van der Waals surface area (Å²) in [5.41, 5.74) is 5.30. The average Bonchev–Trinajstić information content (AvgIpc) is 2.26. The highest BCUT2D eigenvalue weighted by molar-refractivity contribution is 7.89. The van der Waals surface area contributed by atoms with E-state index in [-0.39, 0.29) is 15.6 Å². The minimum absolute atomic E-state index is 0.120. The summed E-state index contributed by atoms with van der Waals surface area (Å²) in [4.78, 5) is -0.460. The zero-order chi connectivity index (χ0) is 14.8. The van der Waals surface area contributed by atoms with Gasteiger partial charge in [0, 0.05) is 7.05 Å². The van der Waals surface area contributed by atoms with Crippen molar-refractivity contribution >= 4 is 15.7 Å². The Balaban J connectivity index is 3.18. The van der Waals surface area contributed by atoms with Gasteiger partial charge in [-0.15, -0.1) is 0 Å². The molecule has 1 aromatic rings. The van der Waals surface area contributed by atoms with Gasteiger partial charge in [0.2, 0.25) is 10.0 Å². The molecule has 2 N–H and O–H groups in total. The Bertz CT molecular complexity index is 620. The van der Waals surface area contributed by atoms with Crippen molar-refractivity contribution < 1.29 is 21.6 Å². The summed E-state index contributed by atoms with van der Waals surface area (Å²) < 4.78 is 60.5. The normalized spacial score (nSPS) is 12.4. The van der Waals surface area contributed by atoms with E-state index in [1.165, 1.54) is 6.07 Å². The molecule has 0 unspecified atom stereocenters. The van der Waals surface area contributed by atoms with E-state index >= 15 is 0 Å². The SMILES string of the molecule is CN(CC(F)(F)F)S(=O)(=O)c1ccc(C#N)cc1N. The Morgan fingerprint density at radius 3 is 2.42 bits per heavy atom. The lowest BCUT2D eigenvalue weighted by atomic mass is 10.2. The first-order valence-corrected chi connectivity index (χ1v) is 6.34. The first kappa shape index (κ1) is 15.3. The van der Waals surface area contributed by atoms with E-state index in [0.717, 1.165) is 19.2 Å². The monoisotopic (exact) mass is 293 g/mol. The predicted octanol–water partition coefficient (Wildman–Crippen LogP) is 1.32. The Kier molecular flexibility index (Phi) is 4.07. The van der Waals surface area contributed by atoms with Crippen molar-refractivity contribution in [3.05, 3.63) is 23.8 Å². The molecule has 9 heteroatoms. The molecule has 0 spiro atoms. The zero-order valence-corrected chi connectivity index (χ0v) is 10.6. The van der Waals surface area contributed by atoms with Crippen LogP contribution < -0.4 is 5.73 Å². The molecule has 1 aromatic carbocycles. The molecule has 19 heavy (non-hydrogen) atoms. The van der Waals surface area contributed by atoms with Crippen LogP contribution >= 0.6 is 0 Å². The quantitative estimate of drug-likeness (QED) is 0.851. The largest absolute Gasteiger partial charge is 0.402 e. The lowest BCUT2D eigenvalue weighted by Crippen LogP contribution is -2.36. The Labute approximate surface area is 108 Å². The van der Waals surface area contributed by atoms with Gasteiger partial charge in [0.05, 0.1) is 17.3 Å². The summed E-state index contributed by atoms with van der Waals surface area (Å²) in [6, 6.07) is 5.02.